The third kappa shape index (κ3) is 5.40. The van der Waals surface area contributed by atoms with Crippen LogP contribution < -0.4 is 0 Å². The van der Waals surface area contributed by atoms with Crippen LogP contribution in [0.4, 0.5) is 13.2 Å². The van der Waals surface area contributed by atoms with Crippen LogP contribution in [0.15, 0.2) is 30.3 Å². The summed E-state index contributed by atoms with van der Waals surface area (Å²) in [5.74, 6) is -0.588. The van der Waals surface area contributed by atoms with Gasteiger partial charge in [0, 0.05) is 13.5 Å². The van der Waals surface area contributed by atoms with Crippen molar-refractivity contribution in [2.75, 3.05) is 13.6 Å². The maximum atomic E-state index is 12.7. The lowest BCUT2D eigenvalue weighted by Crippen LogP contribution is -2.33. The van der Waals surface area contributed by atoms with Gasteiger partial charge in [-0.15, -0.1) is 0 Å². The molecule has 0 atom stereocenters. The monoisotopic (exact) mass is 423 g/mol. The minimum atomic E-state index is -4.48. The lowest BCUT2D eigenvalue weighted by Gasteiger charge is -2.29. The third-order valence-corrected chi connectivity index (χ3v) is 5.67. The van der Waals surface area contributed by atoms with E-state index in [9.17, 15) is 22.8 Å². The van der Waals surface area contributed by atoms with Crippen LogP contribution in [-0.2, 0) is 15.8 Å². The Labute approximate surface area is 172 Å². The summed E-state index contributed by atoms with van der Waals surface area (Å²) in [5, 5.41) is 14.5. The fraction of sp³-hybridized carbons (Fsp3) is 0.476. The second-order valence-electron chi connectivity index (χ2n) is 7.85. The zero-order chi connectivity index (χ0) is 21.9. The zero-order valence-electron chi connectivity index (χ0n) is 16.6. The van der Waals surface area contributed by atoms with Crippen molar-refractivity contribution in [3.05, 3.63) is 41.6 Å². The minimum Gasteiger partial charge on any atom is -0.480 e. The number of carbonyl (C=O) groups excluding carboxylic acids is 1. The number of benzene rings is 1. The van der Waals surface area contributed by atoms with Crippen molar-refractivity contribution in [3.63, 3.8) is 0 Å². The summed E-state index contributed by atoms with van der Waals surface area (Å²) in [4.78, 5) is 24.1. The molecule has 2 N–H and O–H groups in total. The normalized spacial score (nSPS) is 19.5. The molecule has 1 aliphatic carbocycles. The van der Waals surface area contributed by atoms with Gasteiger partial charge < -0.3 is 10.0 Å². The first-order chi connectivity index (χ1) is 14.1. The maximum Gasteiger partial charge on any atom is 0.435 e. The first-order valence-electron chi connectivity index (χ1n) is 9.82. The third-order valence-electron chi connectivity index (χ3n) is 5.67. The molecule has 0 unspecified atom stereocenters. The molecule has 1 amide bonds. The van der Waals surface area contributed by atoms with Crippen LogP contribution in [-0.4, -0.2) is 45.7 Å². The topological polar surface area (TPSA) is 86.3 Å². The van der Waals surface area contributed by atoms with Gasteiger partial charge in [0.25, 0.3) is 0 Å². The van der Waals surface area contributed by atoms with Gasteiger partial charge in [0.15, 0.2) is 5.69 Å². The molecule has 30 heavy (non-hydrogen) atoms. The second kappa shape index (κ2) is 8.89. The summed E-state index contributed by atoms with van der Waals surface area (Å²) in [6.45, 7) is -0.290. The lowest BCUT2D eigenvalue weighted by molar-refractivity contribution is -0.143. The number of halogens is 3. The van der Waals surface area contributed by atoms with E-state index in [1.807, 2.05) is 12.1 Å². The van der Waals surface area contributed by atoms with E-state index in [0.29, 0.717) is 23.6 Å². The maximum absolute atomic E-state index is 12.7. The van der Waals surface area contributed by atoms with Crippen molar-refractivity contribution >= 4 is 11.9 Å². The summed E-state index contributed by atoms with van der Waals surface area (Å²) >= 11 is 0. The van der Waals surface area contributed by atoms with E-state index in [4.69, 9.17) is 5.11 Å². The summed E-state index contributed by atoms with van der Waals surface area (Å²) in [6.07, 6.45) is -0.512. The number of aromatic amines is 1. The van der Waals surface area contributed by atoms with Crippen LogP contribution in [0.1, 0.15) is 49.3 Å². The number of nitrogens with zero attached hydrogens (tertiary/aromatic N) is 2. The highest BCUT2D eigenvalue weighted by Crippen LogP contribution is 2.38. The highest BCUT2D eigenvalue weighted by Gasteiger charge is 2.34. The van der Waals surface area contributed by atoms with Crippen LogP contribution in [0.2, 0.25) is 0 Å². The van der Waals surface area contributed by atoms with E-state index in [-0.39, 0.29) is 18.4 Å². The summed E-state index contributed by atoms with van der Waals surface area (Å²) < 4.78 is 38.1. The van der Waals surface area contributed by atoms with Crippen molar-refractivity contribution in [2.45, 2.75) is 44.2 Å². The Hall–Kier alpha value is -2.84. The Morgan fingerprint density at radius 2 is 1.80 bits per heavy atom. The largest absolute Gasteiger partial charge is 0.480 e. The van der Waals surface area contributed by atoms with Gasteiger partial charge >= 0.3 is 12.1 Å². The molecule has 162 valence electrons. The van der Waals surface area contributed by atoms with Gasteiger partial charge in [-0.1, -0.05) is 24.3 Å². The predicted octanol–water partition coefficient (Wildman–Crippen LogP) is 4.30. The first-order valence-corrected chi connectivity index (χ1v) is 9.82. The smallest absolute Gasteiger partial charge is 0.435 e. The second-order valence-corrected chi connectivity index (χ2v) is 7.85. The molecule has 0 radical (unpaired) electrons. The van der Waals surface area contributed by atoms with Crippen molar-refractivity contribution < 1.29 is 27.9 Å². The van der Waals surface area contributed by atoms with Crippen molar-refractivity contribution in [3.8, 4) is 11.3 Å². The first kappa shape index (κ1) is 21.9. The van der Waals surface area contributed by atoms with Crippen molar-refractivity contribution in [2.24, 2.45) is 5.92 Å². The standard InChI is InChI=1S/C21H24F3N3O3/c1-27(12-20(29)30)19(28)10-13-2-4-14(5-3-13)15-6-8-16(9-7-15)17-11-18(26-25-17)21(22,23)24/h6-9,11,13-14H,2-5,10,12H2,1H3,(H,25,26)(H,29,30). The molecule has 3 rings (SSSR count). The number of carboxylic acid groups (broad SMARTS) is 1. The van der Waals surface area contributed by atoms with Gasteiger partial charge in [0.1, 0.15) is 6.54 Å². The highest BCUT2D eigenvalue weighted by atomic mass is 19.4. The minimum absolute atomic E-state index is 0.150. The van der Waals surface area contributed by atoms with Crippen molar-refractivity contribution in [1.82, 2.24) is 15.1 Å². The molecule has 1 aliphatic rings. The number of aromatic nitrogens is 2. The number of aliphatic carboxylic acids is 1. The SMILES string of the molecule is CN(CC(=O)O)C(=O)CC1CCC(c2ccc(-c3cc(C(F)(F)F)n[nH]3)cc2)CC1. The van der Waals surface area contributed by atoms with Crippen LogP contribution in [0.5, 0.6) is 0 Å². The van der Waals surface area contributed by atoms with E-state index in [2.05, 4.69) is 10.2 Å². The molecule has 1 aromatic carbocycles. The number of nitrogens with one attached hydrogen (secondary N) is 1. The Kier molecular flexibility index (Phi) is 6.48. The van der Waals surface area contributed by atoms with Crippen molar-refractivity contribution in [1.29, 1.82) is 0 Å². The Balaban J connectivity index is 1.54. The Morgan fingerprint density at radius 3 is 2.33 bits per heavy atom. The molecule has 0 spiro atoms. The molecule has 6 nitrogen and oxygen atoms in total. The molecule has 1 fully saturated rings. The summed E-state index contributed by atoms with van der Waals surface area (Å²) in [6, 6.07) is 8.44. The average molecular weight is 423 g/mol. The van der Waals surface area contributed by atoms with Gasteiger partial charge in [-0.2, -0.15) is 18.3 Å². The van der Waals surface area contributed by atoms with Gasteiger partial charge in [-0.05, 0) is 54.7 Å². The average Bonchev–Trinajstić information content (AvgIpc) is 3.19. The fourth-order valence-electron chi connectivity index (χ4n) is 3.94. The molecule has 0 aliphatic heterocycles. The summed E-state index contributed by atoms with van der Waals surface area (Å²) in [5.41, 5.74) is 1.15. The van der Waals surface area contributed by atoms with Crippen LogP contribution in [0.3, 0.4) is 0 Å². The Morgan fingerprint density at radius 1 is 1.17 bits per heavy atom. The van der Waals surface area contributed by atoms with E-state index >= 15 is 0 Å². The zero-order valence-corrected chi connectivity index (χ0v) is 16.6. The number of alkyl halides is 3. The molecule has 9 heteroatoms. The van der Waals surface area contributed by atoms with E-state index in [1.165, 1.54) is 11.9 Å². The lowest BCUT2D eigenvalue weighted by atomic mass is 9.77. The number of likely N-dealkylation sites (N-methyl/N-ethyl adjacent to an activating group) is 1. The van der Waals surface area contributed by atoms with Gasteiger partial charge in [0.05, 0.1) is 5.69 Å². The number of amides is 1. The van der Waals surface area contributed by atoms with E-state index in [0.717, 1.165) is 37.3 Å². The molecular formula is C21H24F3N3O3. The van der Waals surface area contributed by atoms with Crippen LogP contribution >= 0.6 is 0 Å². The Bertz CT molecular complexity index is 885. The predicted molar refractivity (Wildman–Crippen MR) is 104 cm³/mol. The van der Waals surface area contributed by atoms with Gasteiger partial charge in [0.2, 0.25) is 5.91 Å². The molecule has 0 saturated heterocycles. The summed E-state index contributed by atoms with van der Waals surface area (Å²) in [7, 11) is 1.50. The molecule has 1 saturated carbocycles. The van der Waals surface area contributed by atoms with E-state index < -0.39 is 17.8 Å². The number of hydrogen-bond donors (Lipinski definition) is 2. The number of rotatable bonds is 6. The van der Waals surface area contributed by atoms with Crippen LogP contribution in [0, 0.1) is 5.92 Å². The molecule has 0 bridgehead atoms. The highest BCUT2D eigenvalue weighted by molar-refractivity contribution is 5.81. The molecule has 1 aromatic heterocycles. The van der Waals surface area contributed by atoms with Gasteiger partial charge in [-0.25, -0.2) is 0 Å². The molecule has 1 heterocycles. The molecular weight excluding hydrogens is 399 g/mol. The quantitative estimate of drug-likeness (QED) is 0.725. The molecule has 2 aromatic rings. The fourth-order valence-corrected chi connectivity index (χ4v) is 3.94. The number of carbonyl (C=O) groups is 2. The van der Waals surface area contributed by atoms with Gasteiger partial charge in [-0.3, -0.25) is 14.7 Å². The number of hydrogen-bond acceptors (Lipinski definition) is 3. The van der Waals surface area contributed by atoms with Crippen LogP contribution in [0.25, 0.3) is 11.3 Å². The number of H-pyrrole nitrogens is 1. The number of carboxylic acids is 1. The van der Waals surface area contributed by atoms with E-state index in [1.54, 1.807) is 12.1 Å².